The van der Waals surface area contributed by atoms with Crippen molar-refractivity contribution in [2.24, 2.45) is 5.92 Å². The Morgan fingerprint density at radius 3 is 1.92 bits per heavy atom. The van der Waals surface area contributed by atoms with Crippen molar-refractivity contribution in [2.45, 2.75) is 89.9 Å². The van der Waals surface area contributed by atoms with E-state index < -0.39 is 60.3 Å². The molecule has 0 radical (unpaired) electrons. The molecule has 2 aromatic rings. The van der Waals surface area contributed by atoms with Crippen LogP contribution in [0.2, 0.25) is 0 Å². The van der Waals surface area contributed by atoms with Gasteiger partial charge in [-0.3, -0.25) is 9.59 Å². The second-order valence-electron chi connectivity index (χ2n) is 13.4. The van der Waals surface area contributed by atoms with Crippen LogP contribution in [0.1, 0.15) is 77.3 Å². The molecule has 3 rings (SSSR count). The molecule has 0 fully saturated rings. The van der Waals surface area contributed by atoms with E-state index in [1.807, 2.05) is 50.2 Å². The fourth-order valence-corrected chi connectivity index (χ4v) is 5.60. The summed E-state index contributed by atoms with van der Waals surface area (Å²) in [5, 5.41) is 20.0. The summed E-state index contributed by atoms with van der Waals surface area (Å²) in [6.07, 6.45) is -0.124. The monoisotopic (exact) mass is 682 g/mol. The standard InChI is InChI=1S/C36H50N4O9/c1-22(2)19-29(40-35(46)49-36(3,4)5)32(43)38-28(31(42)39-30(20-41)33(44)47-6)17-11-12-18-37-34(45)48-21-27-25-15-9-7-13-23(25)24-14-8-10-16-26(24)27/h7-10,13-16,22,27-30,41H,11-12,17-21H2,1-6H3,(H,37,45)(H,38,43)(H,39,42)(H,40,46)/t28-,29-,30-/m0/s1. The van der Waals surface area contributed by atoms with Gasteiger partial charge in [-0.2, -0.15) is 0 Å². The largest absolute Gasteiger partial charge is 0.467 e. The third-order valence-corrected chi connectivity index (χ3v) is 7.86. The van der Waals surface area contributed by atoms with Crippen molar-refractivity contribution < 1.29 is 43.3 Å². The van der Waals surface area contributed by atoms with Crippen molar-refractivity contribution >= 4 is 30.0 Å². The molecule has 0 bridgehead atoms. The first-order chi connectivity index (χ1) is 23.2. The summed E-state index contributed by atoms with van der Waals surface area (Å²) >= 11 is 0. The van der Waals surface area contributed by atoms with Crippen molar-refractivity contribution in [2.75, 3.05) is 26.9 Å². The van der Waals surface area contributed by atoms with Crippen molar-refractivity contribution in [3.63, 3.8) is 0 Å². The highest BCUT2D eigenvalue weighted by Gasteiger charge is 2.32. The number of hydrogen-bond acceptors (Lipinski definition) is 9. The number of aliphatic hydroxyl groups excluding tert-OH is 1. The van der Waals surface area contributed by atoms with Crippen molar-refractivity contribution in [3.05, 3.63) is 59.7 Å². The lowest BCUT2D eigenvalue weighted by atomic mass is 9.98. The topological polar surface area (TPSA) is 181 Å². The molecule has 0 aromatic heterocycles. The molecule has 0 saturated heterocycles. The number of hydrogen-bond donors (Lipinski definition) is 5. The molecule has 0 saturated carbocycles. The molecule has 2 aromatic carbocycles. The van der Waals surface area contributed by atoms with Gasteiger partial charge in [-0.1, -0.05) is 62.4 Å². The van der Waals surface area contributed by atoms with E-state index in [1.165, 1.54) is 0 Å². The van der Waals surface area contributed by atoms with E-state index in [-0.39, 0.29) is 37.8 Å². The normalized spacial score (nSPS) is 14.0. The highest BCUT2D eigenvalue weighted by atomic mass is 16.6. The van der Waals surface area contributed by atoms with Crippen molar-refractivity contribution in [3.8, 4) is 11.1 Å². The first kappa shape index (κ1) is 38.8. The van der Waals surface area contributed by atoms with Crippen LogP contribution in [0, 0.1) is 5.92 Å². The third kappa shape index (κ3) is 11.8. The number of fused-ring (bicyclic) bond motifs is 3. The van der Waals surface area contributed by atoms with Crippen LogP contribution in [-0.2, 0) is 28.6 Å². The predicted octanol–water partition coefficient (Wildman–Crippen LogP) is 3.77. The Morgan fingerprint density at radius 2 is 1.37 bits per heavy atom. The first-order valence-corrected chi connectivity index (χ1v) is 16.6. The van der Waals surface area contributed by atoms with Crippen LogP contribution in [0.4, 0.5) is 9.59 Å². The highest BCUT2D eigenvalue weighted by molar-refractivity contribution is 5.93. The van der Waals surface area contributed by atoms with Crippen molar-refractivity contribution in [1.82, 2.24) is 21.3 Å². The van der Waals surface area contributed by atoms with Gasteiger partial charge in [-0.15, -0.1) is 0 Å². The Labute approximate surface area is 287 Å². The molecule has 1 aliphatic carbocycles. The van der Waals surface area contributed by atoms with Gasteiger partial charge in [0.05, 0.1) is 13.7 Å². The first-order valence-electron chi connectivity index (χ1n) is 16.6. The van der Waals surface area contributed by atoms with E-state index in [1.54, 1.807) is 20.8 Å². The molecule has 13 heteroatoms. The SMILES string of the molecule is COC(=O)[C@H](CO)NC(=O)[C@H](CCCCNC(=O)OCC1c2ccccc2-c2ccccc21)NC(=O)[C@H](CC(C)C)NC(=O)OC(C)(C)C. The summed E-state index contributed by atoms with van der Waals surface area (Å²) in [4.78, 5) is 63.7. The molecule has 0 unspecified atom stereocenters. The number of alkyl carbamates (subject to hydrolysis) is 2. The number of carbonyl (C=O) groups is 5. The van der Waals surface area contributed by atoms with Gasteiger partial charge in [-0.25, -0.2) is 14.4 Å². The number of unbranched alkanes of at least 4 members (excludes halogenated alkanes) is 1. The molecule has 0 spiro atoms. The number of nitrogens with one attached hydrogen (secondary N) is 4. The fourth-order valence-electron chi connectivity index (χ4n) is 5.60. The molecule has 5 N–H and O–H groups in total. The van der Waals surface area contributed by atoms with Crippen LogP contribution >= 0.6 is 0 Å². The number of benzene rings is 2. The number of aliphatic hydroxyl groups is 1. The molecular weight excluding hydrogens is 632 g/mol. The average Bonchev–Trinajstić information content (AvgIpc) is 3.37. The summed E-state index contributed by atoms with van der Waals surface area (Å²) in [5.41, 5.74) is 3.69. The van der Waals surface area contributed by atoms with E-state index >= 15 is 0 Å². The van der Waals surface area contributed by atoms with Crippen LogP contribution in [0.3, 0.4) is 0 Å². The summed E-state index contributed by atoms with van der Waals surface area (Å²) in [6.45, 7) is 8.58. The maximum atomic E-state index is 13.4. The lowest BCUT2D eigenvalue weighted by Gasteiger charge is -2.26. The van der Waals surface area contributed by atoms with Gasteiger partial charge in [0.2, 0.25) is 11.8 Å². The quantitative estimate of drug-likeness (QED) is 0.100. The Bertz CT molecular complexity index is 1410. The van der Waals surface area contributed by atoms with Gasteiger partial charge in [0.1, 0.15) is 24.3 Å². The Hall–Kier alpha value is -4.65. The number of esters is 1. The van der Waals surface area contributed by atoms with E-state index in [0.29, 0.717) is 12.8 Å². The van der Waals surface area contributed by atoms with E-state index in [2.05, 4.69) is 38.1 Å². The number of ether oxygens (including phenoxy) is 3. The molecule has 268 valence electrons. The second-order valence-corrected chi connectivity index (χ2v) is 13.4. The van der Waals surface area contributed by atoms with Gasteiger partial charge in [0.25, 0.3) is 0 Å². The Morgan fingerprint density at radius 1 is 0.796 bits per heavy atom. The van der Waals surface area contributed by atoms with Crippen LogP contribution in [-0.4, -0.2) is 85.7 Å². The van der Waals surface area contributed by atoms with Crippen LogP contribution in [0.25, 0.3) is 11.1 Å². The zero-order valence-corrected chi connectivity index (χ0v) is 29.2. The molecule has 13 nitrogen and oxygen atoms in total. The van der Waals surface area contributed by atoms with Gasteiger partial charge < -0.3 is 40.6 Å². The average molecular weight is 683 g/mol. The minimum atomic E-state index is -1.33. The molecule has 0 aliphatic heterocycles. The van der Waals surface area contributed by atoms with Crippen LogP contribution in [0.15, 0.2) is 48.5 Å². The zero-order valence-electron chi connectivity index (χ0n) is 29.2. The van der Waals surface area contributed by atoms with Gasteiger partial charge >= 0.3 is 18.2 Å². The third-order valence-electron chi connectivity index (χ3n) is 7.86. The number of amides is 4. The molecule has 49 heavy (non-hydrogen) atoms. The summed E-state index contributed by atoms with van der Waals surface area (Å²) in [6, 6.07) is 12.6. The second kappa shape index (κ2) is 18.2. The van der Waals surface area contributed by atoms with Gasteiger partial charge in [-0.05, 0) is 74.6 Å². The minimum Gasteiger partial charge on any atom is -0.467 e. The number of methoxy groups -OCH3 is 1. The minimum absolute atomic E-state index is 0.0139. The van der Waals surface area contributed by atoms with Gasteiger partial charge in [0, 0.05) is 12.5 Å². The molecule has 3 atom stereocenters. The van der Waals surface area contributed by atoms with E-state index in [4.69, 9.17) is 9.47 Å². The number of carbonyl (C=O) groups excluding carboxylic acids is 5. The zero-order chi connectivity index (χ0) is 36.1. The van der Waals surface area contributed by atoms with Gasteiger partial charge in [0.15, 0.2) is 6.04 Å². The highest BCUT2D eigenvalue weighted by Crippen LogP contribution is 2.44. The Balaban J connectivity index is 1.57. The molecular formula is C36H50N4O9. The predicted molar refractivity (Wildman–Crippen MR) is 182 cm³/mol. The van der Waals surface area contributed by atoms with Crippen LogP contribution < -0.4 is 21.3 Å². The lowest BCUT2D eigenvalue weighted by molar-refractivity contribution is -0.146. The maximum absolute atomic E-state index is 13.4. The lowest BCUT2D eigenvalue weighted by Crippen LogP contribution is -2.56. The van der Waals surface area contributed by atoms with Crippen LogP contribution in [0.5, 0.6) is 0 Å². The fraction of sp³-hybridized carbons (Fsp3) is 0.528. The molecule has 1 aliphatic rings. The van der Waals surface area contributed by atoms with E-state index in [0.717, 1.165) is 29.4 Å². The maximum Gasteiger partial charge on any atom is 0.408 e. The summed E-state index contributed by atoms with van der Waals surface area (Å²) in [5.74, 6) is -2.24. The molecule has 0 heterocycles. The summed E-state index contributed by atoms with van der Waals surface area (Å²) in [7, 11) is 1.12. The molecule has 4 amide bonds. The Kier molecular flexibility index (Phi) is 14.4. The van der Waals surface area contributed by atoms with Crippen molar-refractivity contribution in [1.29, 1.82) is 0 Å². The van der Waals surface area contributed by atoms with E-state index in [9.17, 15) is 29.1 Å². The summed E-state index contributed by atoms with van der Waals surface area (Å²) < 4.78 is 15.5. The number of rotatable bonds is 16. The smallest absolute Gasteiger partial charge is 0.408 e.